The molecule has 0 saturated carbocycles. The van der Waals surface area contributed by atoms with E-state index in [9.17, 15) is 9.59 Å². The zero-order valence-corrected chi connectivity index (χ0v) is 18.3. The van der Waals surface area contributed by atoms with E-state index in [1.807, 2.05) is 43.3 Å². The summed E-state index contributed by atoms with van der Waals surface area (Å²) >= 11 is 6.47. The molecule has 1 aliphatic carbocycles. The third kappa shape index (κ3) is 4.87. The van der Waals surface area contributed by atoms with Gasteiger partial charge in [0.1, 0.15) is 22.8 Å². The van der Waals surface area contributed by atoms with Crippen molar-refractivity contribution < 1.29 is 19.1 Å². The highest BCUT2D eigenvalue weighted by atomic mass is 32.2. The minimum Gasteiger partial charge on any atom is -0.486 e. The van der Waals surface area contributed by atoms with Gasteiger partial charge in [0.05, 0.1) is 11.3 Å². The fourth-order valence-electron chi connectivity index (χ4n) is 3.82. The Kier molecular flexibility index (Phi) is 6.43. The number of amides is 2. The molecule has 0 bridgehead atoms. The molecule has 2 amide bonds. The number of hydrogen-bond acceptors (Lipinski definition) is 6. The minimum atomic E-state index is -0.228. The lowest BCUT2D eigenvalue weighted by molar-refractivity contribution is -0.118. The molecule has 1 N–H and O–H groups in total. The highest BCUT2D eigenvalue weighted by molar-refractivity contribution is 8.24. The van der Waals surface area contributed by atoms with Crippen LogP contribution in [0, 0.1) is 0 Å². The lowest BCUT2D eigenvalue weighted by Gasteiger charge is -2.20. The maximum atomic E-state index is 11.8. The monoisotopic (exact) mass is 444 g/mol. The van der Waals surface area contributed by atoms with E-state index >= 15 is 0 Å². The second-order valence-electron chi connectivity index (χ2n) is 7.48. The Balaban J connectivity index is 1.27. The molecule has 0 radical (unpaired) electrons. The molecule has 3 unspecified atom stereocenters. The van der Waals surface area contributed by atoms with Crippen LogP contribution in [0.3, 0.4) is 0 Å². The van der Waals surface area contributed by atoms with Gasteiger partial charge in [-0.15, -0.1) is 0 Å². The first-order valence-corrected chi connectivity index (χ1v) is 11.4. The Hall–Kier alpha value is -2.32. The third-order valence-corrected chi connectivity index (χ3v) is 6.79. The summed E-state index contributed by atoms with van der Waals surface area (Å²) in [5.41, 5.74) is 2.28. The van der Waals surface area contributed by atoms with Gasteiger partial charge in [0.15, 0.2) is 0 Å². The van der Waals surface area contributed by atoms with E-state index in [0.29, 0.717) is 23.9 Å². The number of benzene rings is 1. The number of thiocarbonyl (C=S) groups is 1. The van der Waals surface area contributed by atoms with Crippen molar-refractivity contribution in [2.24, 2.45) is 0 Å². The Morgan fingerprint density at radius 1 is 1.27 bits per heavy atom. The normalized spacial score (nSPS) is 25.9. The number of rotatable bonds is 7. The maximum absolute atomic E-state index is 11.8. The number of likely N-dealkylation sites (N-methyl/N-ethyl adjacent to an activating group) is 1. The summed E-state index contributed by atoms with van der Waals surface area (Å²) in [6, 6.07) is 8.11. The van der Waals surface area contributed by atoms with E-state index < -0.39 is 0 Å². The predicted molar refractivity (Wildman–Crippen MR) is 121 cm³/mol. The molecule has 2 saturated heterocycles. The van der Waals surface area contributed by atoms with Crippen molar-refractivity contribution in [2.45, 2.75) is 43.6 Å². The fraction of sp³-hybridized carbons (Fsp3) is 0.409. The SMILES string of the molecule is CCN1C(=O)OCC1Cc1ccc(OC2C=CC(CC3SC(=S)NC3=O)=CC2)cc1. The van der Waals surface area contributed by atoms with Gasteiger partial charge in [-0.1, -0.05) is 53.8 Å². The van der Waals surface area contributed by atoms with E-state index in [1.54, 1.807) is 4.90 Å². The zero-order valence-electron chi connectivity index (χ0n) is 16.7. The largest absolute Gasteiger partial charge is 0.486 e. The predicted octanol–water partition coefficient (Wildman–Crippen LogP) is 3.61. The van der Waals surface area contributed by atoms with Gasteiger partial charge in [-0.2, -0.15) is 0 Å². The summed E-state index contributed by atoms with van der Waals surface area (Å²) in [6.45, 7) is 3.06. The van der Waals surface area contributed by atoms with Crippen LogP contribution in [0.25, 0.3) is 0 Å². The maximum Gasteiger partial charge on any atom is 0.410 e. The lowest BCUT2D eigenvalue weighted by atomic mass is 10.0. The minimum absolute atomic E-state index is 0.00615. The molecule has 4 rings (SSSR count). The molecule has 0 spiro atoms. The van der Waals surface area contributed by atoms with E-state index in [4.69, 9.17) is 21.7 Å². The second kappa shape index (κ2) is 9.22. The summed E-state index contributed by atoms with van der Waals surface area (Å²) in [7, 11) is 0. The number of carbonyl (C=O) groups excluding carboxylic acids is 2. The van der Waals surface area contributed by atoms with E-state index in [1.165, 1.54) is 11.8 Å². The van der Waals surface area contributed by atoms with Gasteiger partial charge >= 0.3 is 6.09 Å². The third-order valence-electron chi connectivity index (χ3n) is 5.42. The van der Waals surface area contributed by atoms with Gasteiger partial charge in [0.25, 0.3) is 0 Å². The molecular weight excluding hydrogens is 420 g/mol. The number of nitrogens with one attached hydrogen (secondary N) is 1. The topological polar surface area (TPSA) is 67.9 Å². The van der Waals surface area contributed by atoms with Gasteiger partial charge in [-0.05, 0) is 43.5 Å². The highest BCUT2D eigenvalue weighted by Crippen LogP contribution is 2.28. The Labute approximate surface area is 185 Å². The van der Waals surface area contributed by atoms with E-state index in [-0.39, 0.29) is 29.4 Å². The van der Waals surface area contributed by atoms with E-state index in [0.717, 1.165) is 29.7 Å². The number of nitrogens with zero attached hydrogens (tertiary/aromatic N) is 1. The van der Waals surface area contributed by atoms with Crippen molar-refractivity contribution in [3.63, 3.8) is 0 Å². The molecule has 3 atom stereocenters. The van der Waals surface area contributed by atoms with Crippen molar-refractivity contribution in [2.75, 3.05) is 13.2 Å². The molecule has 2 aliphatic heterocycles. The van der Waals surface area contributed by atoms with Gasteiger partial charge < -0.3 is 19.7 Å². The second-order valence-corrected chi connectivity index (χ2v) is 9.36. The van der Waals surface area contributed by atoms with Gasteiger partial charge in [0, 0.05) is 13.0 Å². The molecule has 30 heavy (non-hydrogen) atoms. The van der Waals surface area contributed by atoms with Crippen molar-refractivity contribution in [3.05, 3.63) is 53.6 Å². The number of allylic oxidation sites excluding steroid dienone is 2. The Morgan fingerprint density at radius 3 is 2.70 bits per heavy atom. The molecule has 8 heteroatoms. The quantitative estimate of drug-likeness (QED) is 0.648. The van der Waals surface area contributed by atoms with Crippen LogP contribution in [0.2, 0.25) is 0 Å². The number of hydrogen-bond donors (Lipinski definition) is 1. The average molecular weight is 445 g/mol. The number of thioether (sulfide) groups is 1. The number of ether oxygens (including phenoxy) is 2. The van der Waals surface area contributed by atoms with E-state index in [2.05, 4.69) is 11.4 Å². The van der Waals surface area contributed by atoms with Crippen LogP contribution in [0.5, 0.6) is 5.75 Å². The van der Waals surface area contributed by atoms with Gasteiger partial charge in [-0.3, -0.25) is 4.79 Å². The summed E-state index contributed by atoms with van der Waals surface area (Å²) in [4.78, 5) is 25.3. The van der Waals surface area contributed by atoms with Crippen LogP contribution < -0.4 is 10.1 Å². The average Bonchev–Trinajstić information content (AvgIpc) is 3.25. The molecular formula is C22H24N2O4S2. The summed E-state index contributed by atoms with van der Waals surface area (Å²) < 4.78 is 11.8. The summed E-state index contributed by atoms with van der Waals surface area (Å²) in [5.74, 6) is 0.806. The van der Waals surface area contributed by atoms with Crippen molar-refractivity contribution in [1.82, 2.24) is 10.2 Å². The number of cyclic esters (lactones) is 1. The number of carbonyl (C=O) groups is 2. The van der Waals surface area contributed by atoms with Crippen LogP contribution in [-0.4, -0.2) is 51.8 Å². The standard InChI is InChI=1S/C22H24N2O4S2/c1-2-24-16(13-27-22(24)26)11-14-3-7-17(8-4-14)28-18-9-5-15(6-10-18)12-19-20(25)23-21(29)30-19/h3-9,16,18-19H,2,10-13H2,1H3,(H,23,25,29). The van der Waals surface area contributed by atoms with Crippen LogP contribution >= 0.6 is 24.0 Å². The van der Waals surface area contributed by atoms with Crippen LogP contribution in [0.15, 0.2) is 48.1 Å². The molecule has 0 aromatic heterocycles. The zero-order chi connectivity index (χ0) is 21.1. The molecule has 158 valence electrons. The molecule has 2 heterocycles. The summed E-state index contributed by atoms with van der Waals surface area (Å²) in [6.07, 6.45) is 8.17. The van der Waals surface area contributed by atoms with Crippen LogP contribution in [0.1, 0.15) is 25.3 Å². The molecule has 6 nitrogen and oxygen atoms in total. The molecule has 1 aromatic rings. The first kappa shape index (κ1) is 20.9. The van der Waals surface area contributed by atoms with Crippen molar-refractivity contribution >= 4 is 40.3 Å². The van der Waals surface area contributed by atoms with Crippen molar-refractivity contribution in [3.8, 4) is 5.75 Å². The Morgan fingerprint density at radius 2 is 2.07 bits per heavy atom. The van der Waals surface area contributed by atoms with Gasteiger partial charge in [0.2, 0.25) is 5.91 Å². The van der Waals surface area contributed by atoms with Crippen LogP contribution in [-0.2, 0) is 16.0 Å². The molecule has 3 aliphatic rings. The fourth-order valence-corrected chi connectivity index (χ4v) is 5.13. The summed E-state index contributed by atoms with van der Waals surface area (Å²) in [5, 5.41) is 2.55. The van der Waals surface area contributed by atoms with Gasteiger partial charge in [-0.25, -0.2) is 4.79 Å². The Bertz CT molecular complexity index is 897. The van der Waals surface area contributed by atoms with Crippen LogP contribution in [0.4, 0.5) is 4.79 Å². The first-order chi connectivity index (χ1) is 14.5. The van der Waals surface area contributed by atoms with Crippen molar-refractivity contribution in [1.29, 1.82) is 0 Å². The first-order valence-electron chi connectivity index (χ1n) is 10.1. The molecule has 2 fully saturated rings. The lowest BCUT2D eigenvalue weighted by Crippen LogP contribution is -2.34. The molecule has 1 aromatic carbocycles. The smallest absolute Gasteiger partial charge is 0.410 e. The highest BCUT2D eigenvalue weighted by Gasteiger charge is 2.31.